The molecule has 1 saturated carbocycles. The Balaban J connectivity index is 1.74. The number of carbonyl (C=O) groups excluding carboxylic acids is 3. The maximum Gasteiger partial charge on any atom is 0.342 e. The highest BCUT2D eigenvalue weighted by Gasteiger charge is 2.58. The zero-order chi connectivity index (χ0) is 30.6. The molecule has 0 saturated heterocycles. The predicted molar refractivity (Wildman–Crippen MR) is 160 cm³/mol. The van der Waals surface area contributed by atoms with Crippen molar-refractivity contribution in [2.24, 2.45) is 9.98 Å². The molecule has 1 spiro atoms. The Bertz CT molecular complexity index is 1670. The normalized spacial score (nSPS) is 21.4. The Morgan fingerprint density at radius 3 is 2.00 bits per heavy atom. The number of ether oxygens (including phenoxy) is 2. The molecule has 43 heavy (non-hydrogen) atoms. The number of amidine groups is 1. The van der Waals surface area contributed by atoms with Crippen LogP contribution >= 0.6 is 0 Å². The Hall–Kier alpha value is -4.64. The summed E-state index contributed by atoms with van der Waals surface area (Å²) in [7, 11) is -2.15. The molecule has 0 aromatic heterocycles. The van der Waals surface area contributed by atoms with Gasteiger partial charge in [0.1, 0.15) is 11.1 Å². The SMILES string of the molecule is COC(=O)C1=C(C(=O)OC)C2(C=CC(=NC(=O)c3ccccc3)C=C2)N(S(=O)(=O)c2ccccc2)C1=NC1CCCCC1. The number of nitrogens with zero attached hydrogens (tertiary/aromatic N) is 3. The number of allylic oxidation sites excluding steroid dienone is 2. The molecule has 2 aliphatic carbocycles. The fourth-order valence-corrected chi connectivity index (χ4v) is 7.23. The van der Waals surface area contributed by atoms with E-state index in [1.54, 1.807) is 48.5 Å². The largest absolute Gasteiger partial charge is 0.466 e. The van der Waals surface area contributed by atoms with Crippen molar-refractivity contribution in [3.8, 4) is 0 Å². The Morgan fingerprint density at radius 1 is 0.837 bits per heavy atom. The fourth-order valence-electron chi connectivity index (χ4n) is 5.54. The molecule has 1 aliphatic heterocycles. The summed E-state index contributed by atoms with van der Waals surface area (Å²) in [6.07, 6.45) is 9.93. The average molecular weight is 602 g/mol. The number of esters is 2. The summed E-state index contributed by atoms with van der Waals surface area (Å²) in [6, 6.07) is 15.9. The van der Waals surface area contributed by atoms with Gasteiger partial charge in [-0.25, -0.2) is 27.3 Å². The Kier molecular flexibility index (Phi) is 8.54. The first-order chi connectivity index (χ1) is 20.7. The minimum absolute atomic E-state index is 0.0680. The van der Waals surface area contributed by atoms with Gasteiger partial charge in [-0.1, -0.05) is 55.7 Å². The topological polar surface area (TPSA) is 132 Å². The minimum atomic E-state index is -4.44. The van der Waals surface area contributed by atoms with E-state index < -0.39 is 33.4 Å². The maximum absolute atomic E-state index is 14.5. The van der Waals surface area contributed by atoms with Crippen molar-refractivity contribution in [1.82, 2.24) is 4.31 Å². The maximum atomic E-state index is 14.5. The zero-order valence-electron chi connectivity index (χ0n) is 23.8. The number of hydrogen-bond donors (Lipinski definition) is 0. The molecule has 2 aromatic carbocycles. The quantitative estimate of drug-likeness (QED) is 0.453. The third-order valence-electron chi connectivity index (χ3n) is 7.61. The number of carbonyl (C=O) groups is 3. The molecule has 0 N–H and O–H groups in total. The van der Waals surface area contributed by atoms with Crippen LogP contribution < -0.4 is 0 Å². The molecule has 0 atom stereocenters. The van der Waals surface area contributed by atoms with Crippen molar-refractivity contribution in [3.63, 3.8) is 0 Å². The van der Waals surface area contributed by atoms with E-state index in [4.69, 9.17) is 14.5 Å². The summed E-state index contributed by atoms with van der Waals surface area (Å²) in [6.45, 7) is 0. The van der Waals surface area contributed by atoms with Gasteiger partial charge >= 0.3 is 11.9 Å². The van der Waals surface area contributed by atoms with Crippen LogP contribution in [0.4, 0.5) is 0 Å². The van der Waals surface area contributed by atoms with Crippen LogP contribution in [0.3, 0.4) is 0 Å². The molecule has 11 heteroatoms. The van der Waals surface area contributed by atoms with Crippen LogP contribution in [0.2, 0.25) is 0 Å². The molecule has 0 radical (unpaired) electrons. The second-order valence-corrected chi connectivity index (χ2v) is 12.0. The lowest BCUT2D eigenvalue weighted by molar-refractivity contribution is -0.139. The minimum Gasteiger partial charge on any atom is -0.466 e. The second kappa shape index (κ2) is 12.3. The smallest absolute Gasteiger partial charge is 0.342 e. The molecule has 0 unspecified atom stereocenters. The van der Waals surface area contributed by atoms with Gasteiger partial charge in [-0.05, 0) is 61.4 Å². The van der Waals surface area contributed by atoms with Crippen LogP contribution in [0.1, 0.15) is 42.5 Å². The van der Waals surface area contributed by atoms with Gasteiger partial charge in [0.2, 0.25) is 0 Å². The van der Waals surface area contributed by atoms with Gasteiger partial charge in [0.15, 0.2) is 5.84 Å². The molecular weight excluding hydrogens is 570 g/mol. The van der Waals surface area contributed by atoms with Crippen molar-refractivity contribution in [2.75, 3.05) is 14.2 Å². The monoisotopic (exact) mass is 601 g/mol. The van der Waals surface area contributed by atoms with Crippen LogP contribution in [-0.2, 0) is 29.1 Å². The number of benzene rings is 2. The lowest BCUT2D eigenvalue weighted by Crippen LogP contribution is -2.51. The van der Waals surface area contributed by atoms with Crippen LogP contribution in [0.25, 0.3) is 0 Å². The Morgan fingerprint density at radius 2 is 1.42 bits per heavy atom. The fraction of sp³-hybridized carbons (Fsp3) is 0.281. The highest BCUT2D eigenvalue weighted by molar-refractivity contribution is 7.89. The van der Waals surface area contributed by atoms with Crippen molar-refractivity contribution in [1.29, 1.82) is 0 Å². The second-order valence-electron chi connectivity index (χ2n) is 10.3. The summed E-state index contributed by atoms with van der Waals surface area (Å²) in [5.74, 6) is -2.56. The standard InChI is InChI=1S/C32H31N3O7S/c1-41-30(37)26-27(31(38)42-2)32(20-18-24(19-21-32)34-29(36)22-12-6-3-7-13-22)35(28(26)33-23-14-8-4-9-15-23)43(39,40)25-16-10-5-11-17-25/h3,5-7,10-13,16-21,23H,4,8-9,14-15H2,1-2H3. The summed E-state index contributed by atoms with van der Waals surface area (Å²) < 4.78 is 40.1. The van der Waals surface area contributed by atoms with E-state index in [0.717, 1.165) is 37.8 Å². The van der Waals surface area contributed by atoms with E-state index in [-0.39, 0.29) is 33.6 Å². The predicted octanol–water partition coefficient (Wildman–Crippen LogP) is 4.21. The first-order valence-corrected chi connectivity index (χ1v) is 15.3. The van der Waals surface area contributed by atoms with Crippen molar-refractivity contribution < 1.29 is 32.3 Å². The average Bonchev–Trinajstić information content (AvgIpc) is 3.32. The van der Waals surface area contributed by atoms with Crippen molar-refractivity contribution >= 4 is 39.4 Å². The number of sulfonamides is 1. The first-order valence-electron chi connectivity index (χ1n) is 13.9. The third kappa shape index (κ3) is 5.60. The van der Waals surface area contributed by atoms with E-state index in [1.807, 2.05) is 0 Å². The van der Waals surface area contributed by atoms with Crippen molar-refractivity contribution in [2.45, 2.75) is 48.6 Å². The van der Waals surface area contributed by atoms with E-state index >= 15 is 0 Å². The number of amides is 1. The summed E-state index contributed by atoms with van der Waals surface area (Å²) in [5.41, 5.74) is -1.84. The van der Waals surface area contributed by atoms with Crippen LogP contribution in [0.5, 0.6) is 0 Å². The third-order valence-corrected chi connectivity index (χ3v) is 9.43. The Labute approximate surface area is 250 Å². The molecule has 1 heterocycles. The lowest BCUT2D eigenvalue weighted by atomic mass is 9.85. The summed E-state index contributed by atoms with van der Waals surface area (Å²) in [4.78, 5) is 48.6. The van der Waals surface area contributed by atoms with Crippen LogP contribution in [0, 0.1) is 0 Å². The van der Waals surface area contributed by atoms with Gasteiger partial charge in [0, 0.05) is 5.56 Å². The molecular formula is C32H31N3O7S. The zero-order valence-corrected chi connectivity index (χ0v) is 24.6. The van der Waals surface area contributed by atoms with E-state index in [1.165, 1.54) is 36.4 Å². The van der Waals surface area contributed by atoms with E-state index in [2.05, 4.69) is 4.99 Å². The van der Waals surface area contributed by atoms with Gasteiger partial charge < -0.3 is 9.47 Å². The molecule has 5 rings (SSSR count). The highest BCUT2D eigenvalue weighted by atomic mass is 32.2. The molecule has 0 bridgehead atoms. The van der Waals surface area contributed by atoms with Crippen LogP contribution in [0.15, 0.2) is 111 Å². The first kappa shape index (κ1) is 29.8. The van der Waals surface area contributed by atoms with Gasteiger partial charge in [0.25, 0.3) is 15.9 Å². The van der Waals surface area contributed by atoms with Crippen LogP contribution in [-0.4, -0.2) is 67.9 Å². The van der Waals surface area contributed by atoms with E-state index in [0.29, 0.717) is 18.4 Å². The molecule has 2 aromatic rings. The summed E-state index contributed by atoms with van der Waals surface area (Å²) >= 11 is 0. The van der Waals surface area contributed by atoms with Gasteiger partial charge in [-0.3, -0.25) is 9.79 Å². The number of hydrogen-bond acceptors (Lipinski definition) is 8. The van der Waals surface area contributed by atoms with E-state index in [9.17, 15) is 22.8 Å². The number of rotatable bonds is 6. The van der Waals surface area contributed by atoms with Gasteiger partial charge in [0.05, 0.1) is 36.4 Å². The molecule has 10 nitrogen and oxygen atoms in total. The lowest BCUT2D eigenvalue weighted by Gasteiger charge is -2.37. The molecule has 222 valence electrons. The summed E-state index contributed by atoms with van der Waals surface area (Å²) in [5, 5.41) is 0. The molecule has 1 fully saturated rings. The molecule has 1 amide bonds. The van der Waals surface area contributed by atoms with Gasteiger partial charge in [-0.2, -0.15) is 0 Å². The highest BCUT2D eigenvalue weighted by Crippen LogP contribution is 2.45. The van der Waals surface area contributed by atoms with Gasteiger partial charge in [-0.15, -0.1) is 0 Å². The number of aliphatic imine (C=N–C) groups is 2. The number of methoxy groups -OCH3 is 2. The van der Waals surface area contributed by atoms with Crippen molar-refractivity contribution in [3.05, 3.63) is 102 Å². The molecule has 3 aliphatic rings.